The number of rotatable bonds is 4. The van der Waals surface area contributed by atoms with Crippen LogP contribution in [0.2, 0.25) is 0 Å². The normalized spacial score (nSPS) is 10.6. The molecule has 0 saturated heterocycles. The van der Waals surface area contributed by atoms with E-state index in [9.17, 15) is 4.79 Å². The fourth-order valence-electron chi connectivity index (χ4n) is 2.05. The maximum atomic E-state index is 11.7. The number of carbonyl (C=O) groups excluding carboxylic acids is 1. The number of benzene rings is 1. The second-order valence-electron chi connectivity index (χ2n) is 4.73. The Hall–Kier alpha value is -2.34. The van der Waals surface area contributed by atoms with Gasteiger partial charge in [-0.05, 0) is 33.6 Å². The average molecular weight is 360 g/mol. The maximum absolute atomic E-state index is 11.7. The molecular formula is C16H14BrN3O2. The summed E-state index contributed by atoms with van der Waals surface area (Å²) in [4.78, 5) is 16.1. The van der Waals surface area contributed by atoms with Crippen LogP contribution in [0.3, 0.4) is 0 Å². The van der Waals surface area contributed by atoms with E-state index < -0.39 is 6.09 Å². The fourth-order valence-corrected chi connectivity index (χ4v) is 2.50. The Morgan fingerprint density at radius 1 is 1.23 bits per heavy atom. The molecule has 0 unspecified atom stereocenters. The van der Waals surface area contributed by atoms with Crippen molar-refractivity contribution in [1.29, 1.82) is 0 Å². The van der Waals surface area contributed by atoms with E-state index in [0.29, 0.717) is 6.54 Å². The zero-order chi connectivity index (χ0) is 15.4. The summed E-state index contributed by atoms with van der Waals surface area (Å²) in [6.07, 6.45) is 3.32. The third-order valence-corrected chi connectivity index (χ3v) is 3.73. The zero-order valence-electron chi connectivity index (χ0n) is 11.7. The topological polar surface area (TPSA) is 55.6 Å². The van der Waals surface area contributed by atoms with Crippen LogP contribution in [0.4, 0.5) is 4.79 Å². The third kappa shape index (κ3) is 3.46. The van der Waals surface area contributed by atoms with Gasteiger partial charge in [-0.15, -0.1) is 0 Å². The molecule has 3 rings (SSSR count). The predicted molar refractivity (Wildman–Crippen MR) is 86.4 cm³/mol. The number of fused-ring (bicyclic) bond motifs is 1. The van der Waals surface area contributed by atoms with Gasteiger partial charge in [0.2, 0.25) is 0 Å². The van der Waals surface area contributed by atoms with Crippen molar-refractivity contribution in [2.75, 3.05) is 0 Å². The Kier molecular flexibility index (Phi) is 4.39. The van der Waals surface area contributed by atoms with Gasteiger partial charge in [0.15, 0.2) is 5.65 Å². The smallest absolute Gasteiger partial charge is 0.407 e. The Morgan fingerprint density at radius 2 is 2.05 bits per heavy atom. The SMILES string of the molecule is O=C(NCc1cn2cccc(Br)c2n1)OCc1ccccc1. The van der Waals surface area contributed by atoms with Crippen LogP contribution in [0, 0.1) is 0 Å². The van der Waals surface area contributed by atoms with Crippen LogP contribution in [0.5, 0.6) is 0 Å². The highest BCUT2D eigenvalue weighted by Crippen LogP contribution is 2.16. The molecule has 0 radical (unpaired) electrons. The van der Waals surface area contributed by atoms with Gasteiger partial charge in [-0.25, -0.2) is 9.78 Å². The summed E-state index contributed by atoms with van der Waals surface area (Å²) in [7, 11) is 0. The summed E-state index contributed by atoms with van der Waals surface area (Å²) >= 11 is 3.45. The van der Waals surface area contributed by atoms with E-state index in [-0.39, 0.29) is 6.61 Å². The van der Waals surface area contributed by atoms with Crippen molar-refractivity contribution < 1.29 is 9.53 Å². The van der Waals surface area contributed by atoms with Crippen molar-refractivity contribution in [3.8, 4) is 0 Å². The highest BCUT2D eigenvalue weighted by molar-refractivity contribution is 9.10. The van der Waals surface area contributed by atoms with Gasteiger partial charge in [0.1, 0.15) is 6.61 Å². The molecule has 0 spiro atoms. The predicted octanol–water partition coefficient (Wildman–Crippen LogP) is 3.52. The average Bonchev–Trinajstić information content (AvgIpc) is 2.96. The number of imidazole rings is 1. The minimum Gasteiger partial charge on any atom is -0.445 e. The molecule has 1 N–H and O–H groups in total. The van der Waals surface area contributed by atoms with Crippen molar-refractivity contribution in [2.45, 2.75) is 13.2 Å². The molecule has 22 heavy (non-hydrogen) atoms. The lowest BCUT2D eigenvalue weighted by molar-refractivity contribution is 0.139. The molecule has 0 fully saturated rings. The molecule has 112 valence electrons. The first-order chi connectivity index (χ1) is 10.7. The molecular weight excluding hydrogens is 346 g/mol. The molecule has 0 aliphatic heterocycles. The number of aromatic nitrogens is 2. The Bertz CT molecular complexity index is 786. The number of hydrogen-bond acceptors (Lipinski definition) is 3. The van der Waals surface area contributed by atoms with Crippen molar-refractivity contribution in [3.63, 3.8) is 0 Å². The largest absolute Gasteiger partial charge is 0.445 e. The Balaban J connectivity index is 1.55. The van der Waals surface area contributed by atoms with Crippen LogP contribution < -0.4 is 5.32 Å². The molecule has 3 aromatic rings. The van der Waals surface area contributed by atoms with Gasteiger partial charge in [0.05, 0.1) is 16.7 Å². The number of pyridine rings is 1. The molecule has 5 nitrogen and oxygen atoms in total. The molecule has 6 heteroatoms. The zero-order valence-corrected chi connectivity index (χ0v) is 13.3. The van der Waals surface area contributed by atoms with Crippen molar-refractivity contribution in [2.24, 2.45) is 0 Å². The van der Waals surface area contributed by atoms with Crippen LogP contribution in [0.15, 0.2) is 59.3 Å². The van der Waals surface area contributed by atoms with E-state index in [1.165, 1.54) is 0 Å². The van der Waals surface area contributed by atoms with Gasteiger partial charge >= 0.3 is 6.09 Å². The maximum Gasteiger partial charge on any atom is 0.407 e. The first kappa shape index (κ1) is 14.6. The highest BCUT2D eigenvalue weighted by atomic mass is 79.9. The van der Waals surface area contributed by atoms with E-state index in [4.69, 9.17) is 4.74 Å². The second kappa shape index (κ2) is 6.62. The summed E-state index contributed by atoms with van der Waals surface area (Å²) in [6, 6.07) is 13.4. The van der Waals surface area contributed by atoms with E-state index in [0.717, 1.165) is 21.4 Å². The van der Waals surface area contributed by atoms with Crippen molar-refractivity contribution >= 4 is 27.7 Å². The molecule has 0 bridgehead atoms. The van der Waals surface area contributed by atoms with Crippen LogP contribution >= 0.6 is 15.9 Å². The number of halogens is 1. The lowest BCUT2D eigenvalue weighted by Crippen LogP contribution is -2.23. The lowest BCUT2D eigenvalue weighted by atomic mass is 10.2. The molecule has 2 heterocycles. The van der Waals surface area contributed by atoms with Crippen LogP contribution in [-0.2, 0) is 17.9 Å². The van der Waals surface area contributed by atoms with Crippen LogP contribution in [0.25, 0.3) is 5.65 Å². The number of ether oxygens (including phenoxy) is 1. The van der Waals surface area contributed by atoms with Crippen LogP contribution in [0.1, 0.15) is 11.3 Å². The Labute approximate surface area is 136 Å². The van der Waals surface area contributed by atoms with Gasteiger partial charge in [0.25, 0.3) is 0 Å². The number of hydrogen-bond donors (Lipinski definition) is 1. The van der Waals surface area contributed by atoms with Gasteiger partial charge < -0.3 is 14.5 Å². The van der Waals surface area contributed by atoms with E-state index in [1.807, 2.05) is 59.3 Å². The van der Waals surface area contributed by atoms with Gasteiger partial charge in [-0.2, -0.15) is 0 Å². The number of nitrogens with zero attached hydrogens (tertiary/aromatic N) is 2. The highest BCUT2D eigenvalue weighted by Gasteiger charge is 2.07. The summed E-state index contributed by atoms with van der Waals surface area (Å²) in [5.41, 5.74) is 2.54. The molecule has 0 aliphatic carbocycles. The monoisotopic (exact) mass is 359 g/mol. The molecule has 0 atom stereocenters. The standard InChI is InChI=1S/C16H14BrN3O2/c17-14-7-4-8-20-10-13(19-15(14)20)9-18-16(21)22-11-12-5-2-1-3-6-12/h1-8,10H,9,11H2,(H,18,21). The second-order valence-corrected chi connectivity index (χ2v) is 5.59. The minimum atomic E-state index is -0.458. The van der Waals surface area contributed by atoms with Crippen molar-refractivity contribution in [1.82, 2.24) is 14.7 Å². The summed E-state index contributed by atoms with van der Waals surface area (Å²) < 4.78 is 7.96. The summed E-state index contributed by atoms with van der Waals surface area (Å²) in [6.45, 7) is 0.575. The van der Waals surface area contributed by atoms with Crippen LogP contribution in [-0.4, -0.2) is 15.5 Å². The van der Waals surface area contributed by atoms with E-state index in [1.54, 1.807) is 0 Å². The fraction of sp³-hybridized carbons (Fsp3) is 0.125. The summed E-state index contributed by atoms with van der Waals surface area (Å²) in [5.74, 6) is 0. The van der Waals surface area contributed by atoms with Gasteiger partial charge in [-0.3, -0.25) is 0 Å². The first-order valence-corrected chi connectivity index (χ1v) is 7.58. The van der Waals surface area contributed by atoms with E-state index >= 15 is 0 Å². The number of amides is 1. The Morgan fingerprint density at radius 3 is 2.82 bits per heavy atom. The summed E-state index contributed by atoms with van der Waals surface area (Å²) in [5, 5.41) is 2.70. The lowest BCUT2D eigenvalue weighted by Gasteiger charge is -2.05. The van der Waals surface area contributed by atoms with E-state index in [2.05, 4.69) is 26.2 Å². The number of alkyl carbamates (subject to hydrolysis) is 1. The molecule has 2 aromatic heterocycles. The third-order valence-electron chi connectivity index (χ3n) is 3.11. The molecule has 0 aliphatic rings. The number of carbonyl (C=O) groups is 1. The van der Waals surface area contributed by atoms with Gasteiger partial charge in [0, 0.05) is 12.4 Å². The quantitative estimate of drug-likeness (QED) is 0.775. The molecule has 1 amide bonds. The van der Waals surface area contributed by atoms with Crippen molar-refractivity contribution in [3.05, 3.63) is 70.6 Å². The first-order valence-electron chi connectivity index (χ1n) is 6.79. The molecule has 0 saturated carbocycles. The minimum absolute atomic E-state index is 0.253. The van der Waals surface area contributed by atoms with Gasteiger partial charge in [-0.1, -0.05) is 30.3 Å². The molecule has 1 aromatic carbocycles. The number of nitrogens with one attached hydrogen (secondary N) is 1.